The van der Waals surface area contributed by atoms with E-state index in [1.165, 1.54) is 24.3 Å². The minimum Gasteiger partial charge on any atom is -0.392 e. The van der Waals surface area contributed by atoms with E-state index >= 15 is 0 Å². The first-order valence-corrected chi connectivity index (χ1v) is 4.08. The van der Waals surface area contributed by atoms with Crippen molar-refractivity contribution in [1.29, 1.82) is 0 Å². The van der Waals surface area contributed by atoms with Gasteiger partial charge in [-0.25, -0.2) is 0 Å². The molecule has 1 aliphatic heterocycles. The first-order valence-electron chi connectivity index (χ1n) is 4.66. The summed E-state index contributed by atoms with van der Waals surface area (Å²) in [6, 6.07) is 4.84. The Morgan fingerprint density at radius 1 is 1.27 bits per heavy atom. The summed E-state index contributed by atoms with van der Waals surface area (Å²) in [7, 11) is 0. The number of aliphatic hydroxyl groups excluding tert-OH is 1. The molecule has 1 aromatic rings. The summed E-state index contributed by atoms with van der Waals surface area (Å²) in [5, 5.41) is 15.0. The molecular formula is C9H7F3N2O. The molecule has 0 aromatic heterocycles. The van der Waals surface area contributed by atoms with Gasteiger partial charge in [-0.2, -0.15) is 13.2 Å². The third-order valence-electron chi connectivity index (χ3n) is 2.16. The maximum absolute atomic E-state index is 12.6. The fraction of sp³-hybridized carbons (Fsp3) is 0.333. The average molecular weight is 218 g/mol. The van der Waals surface area contributed by atoms with E-state index in [4.69, 9.17) is 6.48 Å². The second-order valence-corrected chi connectivity index (χ2v) is 3.12. The molecule has 1 N–H and O–H groups in total. The van der Waals surface area contributed by atoms with Gasteiger partial charge in [-0.15, -0.1) is 10.2 Å². The molecule has 0 fully saturated rings. The number of hydrogen-bond acceptors (Lipinski definition) is 3. The molecule has 0 spiro atoms. The second-order valence-electron chi connectivity index (χ2n) is 3.12. The van der Waals surface area contributed by atoms with Crippen LogP contribution in [0, 0.1) is 0 Å². The van der Waals surface area contributed by atoms with Crippen LogP contribution in [0.1, 0.15) is 12.5 Å². The lowest BCUT2D eigenvalue weighted by molar-refractivity contribution is -0.166. The van der Waals surface area contributed by atoms with E-state index in [-0.39, 0.29) is 11.1 Å². The summed E-state index contributed by atoms with van der Waals surface area (Å²) >= 11 is 0. The average Bonchev–Trinajstić information content (AvgIpc) is 2.97. The number of rotatable bonds is 2. The molecule has 6 heteroatoms. The molecule has 15 heavy (non-hydrogen) atoms. The van der Waals surface area contributed by atoms with Crippen LogP contribution in [-0.4, -0.2) is 11.3 Å². The van der Waals surface area contributed by atoms with E-state index in [1.54, 1.807) is 0 Å². The summed E-state index contributed by atoms with van der Waals surface area (Å²) in [6.07, 6.45) is -4.55. The van der Waals surface area contributed by atoms with Crippen LogP contribution in [0.3, 0.4) is 0 Å². The lowest BCUT2D eigenvalue weighted by atomic mass is 10.0. The predicted molar refractivity (Wildman–Crippen MR) is 45.0 cm³/mol. The molecule has 2 rings (SSSR count). The molecule has 3 nitrogen and oxygen atoms in total. The molecule has 0 amide bonds. The number of hydrogen-bond donors (Lipinski definition) is 1. The van der Waals surface area contributed by atoms with Crippen LogP contribution in [0.25, 0.3) is 0 Å². The molecule has 1 unspecified atom stereocenters. The SMILES string of the molecule is [3H]C(O)c1ccc(C2(C(F)(F)F)N=N2)cc1. The summed E-state index contributed by atoms with van der Waals surface area (Å²) < 4.78 is 44.7. The monoisotopic (exact) mass is 218 g/mol. The van der Waals surface area contributed by atoms with Gasteiger partial charge in [0.05, 0.1) is 7.95 Å². The Labute approximate surface area is 84.7 Å². The van der Waals surface area contributed by atoms with E-state index < -0.39 is 18.4 Å². The van der Waals surface area contributed by atoms with Crippen LogP contribution in [-0.2, 0) is 12.2 Å². The lowest BCUT2D eigenvalue weighted by Crippen LogP contribution is -2.30. The third kappa shape index (κ3) is 1.50. The van der Waals surface area contributed by atoms with Crippen molar-refractivity contribution in [3.8, 4) is 0 Å². The van der Waals surface area contributed by atoms with Gasteiger partial charge in [-0.05, 0) is 5.56 Å². The molecule has 1 atom stereocenters. The summed E-state index contributed by atoms with van der Waals surface area (Å²) in [5.41, 5.74) is -2.32. The number of benzene rings is 1. The molecule has 1 aromatic carbocycles. The first-order chi connectivity index (χ1) is 7.37. The Morgan fingerprint density at radius 2 is 1.80 bits per heavy atom. The molecule has 80 valence electrons. The van der Waals surface area contributed by atoms with Gasteiger partial charge in [0.1, 0.15) is 0 Å². The molecule has 1 aliphatic rings. The molecule has 0 saturated heterocycles. The van der Waals surface area contributed by atoms with E-state index in [1.807, 2.05) is 0 Å². The Hall–Kier alpha value is -1.43. The predicted octanol–water partition coefficient (Wildman–Crippen LogP) is 2.36. The summed E-state index contributed by atoms with van der Waals surface area (Å²) in [6.45, 7) is -1.45. The summed E-state index contributed by atoms with van der Waals surface area (Å²) in [5.74, 6) is 0. The van der Waals surface area contributed by atoms with Gasteiger partial charge in [-0.1, -0.05) is 24.3 Å². The van der Waals surface area contributed by atoms with Crippen molar-refractivity contribution in [3.63, 3.8) is 0 Å². The van der Waals surface area contributed by atoms with Crippen molar-refractivity contribution in [2.45, 2.75) is 18.4 Å². The fourth-order valence-corrected chi connectivity index (χ4v) is 1.24. The van der Waals surface area contributed by atoms with Gasteiger partial charge in [0, 0.05) is 5.56 Å². The molecule has 0 aliphatic carbocycles. The fourth-order valence-electron chi connectivity index (χ4n) is 1.24. The third-order valence-corrected chi connectivity index (χ3v) is 2.16. The number of alkyl halides is 3. The minimum absolute atomic E-state index is 0.107. The maximum Gasteiger partial charge on any atom is 0.442 e. The highest BCUT2D eigenvalue weighted by molar-refractivity contribution is 5.32. The maximum atomic E-state index is 12.6. The number of nitrogens with zero attached hydrogens (tertiary/aromatic N) is 2. The van der Waals surface area contributed by atoms with Gasteiger partial charge in [0.25, 0.3) is 0 Å². The smallest absolute Gasteiger partial charge is 0.392 e. The minimum atomic E-state index is -4.55. The van der Waals surface area contributed by atoms with Crippen LogP contribution in [0.4, 0.5) is 13.2 Å². The van der Waals surface area contributed by atoms with Crippen molar-refractivity contribution in [2.24, 2.45) is 10.2 Å². The number of aliphatic hydroxyl groups is 1. The van der Waals surface area contributed by atoms with Crippen LogP contribution in [0.15, 0.2) is 34.5 Å². The quantitative estimate of drug-likeness (QED) is 0.813. The zero-order valence-corrected chi connectivity index (χ0v) is 7.36. The number of halogens is 3. The van der Waals surface area contributed by atoms with Gasteiger partial charge >= 0.3 is 11.8 Å². The van der Waals surface area contributed by atoms with Gasteiger partial charge in [-0.3, -0.25) is 0 Å². The van der Waals surface area contributed by atoms with Crippen LogP contribution < -0.4 is 0 Å². The lowest BCUT2D eigenvalue weighted by Gasteiger charge is -2.14. The molecular weight excluding hydrogens is 209 g/mol. The highest BCUT2D eigenvalue weighted by Gasteiger charge is 2.65. The van der Waals surface area contributed by atoms with Crippen molar-refractivity contribution in [3.05, 3.63) is 35.4 Å². The van der Waals surface area contributed by atoms with E-state index in [2.05, 4.69) is 10.2 Å². The van der Waals surface area contributed by atoms with Gasteiger partial charge in [0.15, 0.2) is 0 Å². The van der Waals surface area contributed by atoms with E-state index in [0.29, 0.717) is 0 Å². The standard InChI is InChI=1S/C9H7F3N2O/c10-9(11,12)8(13-14-8)7-3-1-6(5-15)2-4-7/h1-4,15H,5H2/i5T. The first kappa shape index (κ1) is 8.84. The van der Waals surface area contributed by atoms with Crippen LogP contribution in [0.5, 0.6) is 0 Å². The van der Waals surface area contributed by atoms with Crippen molar-refractivity contribution < 1.29 is 19.6 Å². The Balaban J connectivity index is 2.30. The van der Waals surface area contributed by atoms with E-state index in [0.717, 1.165) is 0 Å². The Morgan fingerprint density at radius 3 is 2.13 bits per heavy atom. The Kier molecular flexibility index (Phi) is 1.79. The topological polar surface area (TPSA) is 45.0 Å². The van der Waals surface area contributed by atoms with Crippen molar-refractivity contribution >= 4 is 0 Å². The zero-order valence-electron chi connectivity index (χ0n) is 8.36. The molecule has 1 heterocycles. The van der Waals surface area contributed by atoms with Crippen LogP contribution in [0.2, 0.25) is 0 Å². The van der Waals surface area contributed by atoms with Crippen LogP contribution >= 0.6 is 0 Å². The largest absolute Gasteiger partial charge is 0.442 e. The highest BCUT2D eigenvalue weighted by atomic mass is 19.4. The molecule has 0 bridgehead atoms. The van der Waals surface area contributed by atoms with Crippen molar-refractivity contribution in [1.82, 2.24) is 0 Å². The Bertz CT molecular complexity index is 421. The highest BCUT2D eigenvalue weighted by Crippen LogP contribution is 2.52. The van der Waals surface area contributed by atoms with Gasteiger partial charge < -0.3 is 5.11 Å². The molecule has 0 saturated carbocycles. The van der Waals surface area contributed by atoms with Gasteiger partial charge in [0.2, 0.25) is 0 Å². The normalized spacial score (nSPS) is 20.9. The molecule has 0 radical (unpaired) electrons. The van der Waals surface area contributed by atoms with Crippen molar-refractivity contribution in [2.75, 3.05) is 0 Å². The zero-order chi connectivity index (χ0) is 12.0. The second kappa shape index (κ2) is 3.03. The summed E-state index contributed by atoms with van der Waals surface area (Å²) in [4.78, 5) is 0. The van der Waals surface area contributed by atoms with E-state index in [9.17, 15) is 13.2 Å².